The zero-order valence-corrected chi connectivity index (χ0v) is 12.4. The minimum atomic E-state index is 0.396. The third-order valence-corrected chi connectivity index (χ3v) is 4.79. The quantitative estimate of drug-likeness (QED) is 0.537. The molecule has 1 atom stereocenters. The Morgan fingerprint density at radius 3 is 2.29 bits per heavy atom. The van der Waals surface area contributed by atoms with E-state index in [4.69, 9.17) is 0 Å². The lowest BCUT2D eigenvalue weighted by Gasteiger charge is -2.25. The van der Waals surface area contributed by atoms with Crippen molar-refractivity contribution in [1.29, 1.82) is 0 Å². The van der Waals surface area contributed by atoms with Gasteiger partial charge in [0.15, 0.2) is 0 Å². The molecule has 1 unspecified atom stereocenters. The molecule has 0 amide bonds. The highest BCUT2D eigenvalue weighted by atomic mass is 127. The van der Waals surface area contributed by atoms with Crippen LogP contribution in [-0.2, 0) is 6.42 Å². The summed E-state index contributed by atoms with van der Waals surface area (Å²) in [5, 5.41) is 1.07. The monoisotopic (exact) mass is 366 g/mol. The summed E-state index contributed by atoms with van der Waals surface area (Å²) in [6, 6.07) is 8.83. The minimum absolute atomic E-state index is 0.396. The van der Waals surface area contributed by atoms with Crippen LogP contribution in [0.15, 0.2) is 24.3 Å². The first-order chi connectivity index (χ1) is 6.59. The average Bonchev–Trinajstić information content (AvgIpc) is 2.21. The van der Waals surface area contributed by atoms with Crippen molar-refractivity contribution in [1.82, 2.24) is 0 Å². The smallest absolute Gasteiger partial charge is 0.0130 e. The van der Waals surface area contributed by atoms with Gasteiger partial charge in [-0.3, -0.25) is 0 Å². The van der Waals surface area contributed by atoms with Crippen molar-refractivity contribution in [2.45, 2.75) is 26.7 Å². The first-order valence-electron chi connectivity index (χ1n) is 4.90. The van der Waals surface area contributed by atoms with Crippen LogP contribution in [0, 0.1) is 8.99 Å². The summed E-state index contributed by atoms with van der Waals surface area (Å²) in [5.74, 6) is 0. The molecule has 14 heavy (non-hydrogen) atoms. The molecule has 1 rings (SSSR count). The van der Waals surface area contributed by atoms with E-state index in [0.29, 0.717) is 5.41 Å². The first kappa shape index (κ1) is 12.5. The van der Waals surface area contributed by atoms with Crippen LogP contribution >= 0.6 is 38.5 Å². The fourth-order valence-corrected chi connectivity index (χ4v) is 2.32. The molecule has 0 aliphatic heterocycles. The lowest BCUT2D eigenvalue weighted by atomic mass is 9.83. The third kappa shape index (κ3) is 3.54. The van der Waals surface area contributed by atoms with Gasteiger partial charge in [0, 0.05) is 8.90 Å². The van der Waals surface area contributed by atoms with Crippen LogP contribution in [0.2, 0.25) is 0 Å². The Kier molecular flexibility index (Phi) is 4.91. The van der Waals surface area contributed by atoms with E-state index in [0.717, 1.165) is 11.8 Å². The van der Waals surface area contributed by atoms with Crippen LogP contribution in [-0.4, -0.2) is 5.33 Å². The van der Waals surface area contributed by atoms with Crippen molar-refractivity contribution < 1.29 is 0 Å². The molecule has 2 heteroatoms. The molecule has 0 bridgehead atoms. The Hall–Kier alpha value is 0.430. The molecule has 0 radical (unpaired) electrons. The third-order valence-electron chi connectivity index (χ3n) is 2.72. The van der Waals surface area contributed by atoms with Crippen molar-refractivity contribution >= 4 is 38.5 Å². The molecule has 78 valence electrons. The van der Waals surface area contributed by atoms with Gasteiger partial charge in [-0.1, -0.05) is 41.9 Å². The van der Waals surface area contributed by atoms with Crippen molar-refractivity contribution in [2.75, 3.05) is 5.33 Å². The van der Waals surface area contributed by atoms with Crippen LogP contribution in [0.5, 0.6) is 0 Å². The summed E-state index contributed by atoms with van der Waals surface area (Å²) < 4.78 is 1.31. The summed E-state index contributed by atoms with van der Waals surface area (Å²) in [6.45, 7) is 4.59. The Labute approximate surface area is 109 Å². The number of rotatable bonds is 4. The molecule has 1 aromatic rings. The van der Waals surface area contributed by atoms with E-state index in [2.05, 4.69) is 76.6 Å². The van der Waals surface area contributed by atoms with Gasteiger partial charge in [-0.05, 0) is 58.5 Å². The molecular weight excluding hydrogens is 351 g/mol. The molecule has 0 spiro atoms. The maximum absolute atomic E-state index is 3.60. The molecule has 0 aliphatic carbocycles. The Morgan fingerprint density at radius 1 is 1.29 bits per heavy atom. The van der Waals surface area contributed by atoms with Gasteiger partial charge in [0.2, 0.25) is 0 Å². The van der Waals surface area contributed by atoms with Gasteiger partial charge in [-0.15, -0.1) is 0 Å². The molecule has 0 fully saturated rings. The lowest BCUT2D eigenvalue weighted by molar-refractivity contribution is 0.361. The second-order valence-corrected chi connectivity index (χ2v) is 5.91. The molecule has 0 heterocycles. The summed E-state index contributed by atoms with van der Waals surface area (Å²) in [5.41, 5.74) is 1.83. The molecule has 0 saturated carbocycles. The standard InChI is InChI=1S/C12H16BrI/c1-3-12(2,9-13)8-10-4-6-11(14)7-5-10/h4-7H,3,8-9H2,1-2H3. The van der Waals surface area contributed by atoms with Gasteiger partial charge >= 0.3 is 0 Å². The Balaban J connectivity index is 2.72. The van der Waals surface area contributed by atoms with E-state index >= 15 is 0 Å². The zero-order valence-electron chi connectivity index (χ0n) is 8.69. The van der Waals surface area contributed by atoms with Crippen molar-refractivity contribution in [3.8, 4) is 0 Å². The number of benzene rings is 1. The second kappa shape index (κ2) is 5.50. The highest BCUT2D eigenvalue weighted by Gasteiger charge is 2.20. The summed E-state index contributed by atoms with van der Waals surface area (Å²) >= 11 is 5.95. The summed E-state index contributed by atoms with van der Waals surface area (Å²) in [4.78, 5) is 0. The fourth-order valence-electron chi connectivity index (χ4n) is 1.36. The van der Waals surface area contributed by atoms with Crippen LogP contribution in [0.1, 0.15) is 25.8 Å². The molecule has 1 aromatic carbocycles. The van der Waals surface area contributed by atoms with Crippen molar-refractivity contribution in [2.24, 2.45) is 5.41 Å². The van der Waals surface area contributed by atoms with Gasteiger partial charge in [-0.2, -0.15) is 0 Å². The van der Waals surface area contributed by atoms with Crippen LogP contribution in [0.3, 0.4) is 0 Å². The zero-order chi connectivity index (χ0) is 10.6. The topological polar surface area (TPSA) is 0 Å². The van der Waals surface area contributed by atoms with E-state index in [1.807, 2.05) is 0 Å². The van der Waals surface area contributed by atoms with Crippen molar-refractivity contribution in [3.63, 3.8) is 0 Å². The summed E-state index contributed by atoms with van der Waals surface area (Å²) in [6.07, 6.45) is 2.37. The van der Waals surface area contributed by atoms with Gasteiger partial charge in [0.05, 0.1) is 0 Å². The number of hydrogen-bond acceptors (Lipinski definition) is 0. The average molecular weight is 367 g/mol. The fraction of sp³-hybridized carbons (Fsp3) is 0.500. The SMILES string of the molecule is CCC(C)(CBr)Cc1ccc(I)cc1. The highest BCUT2D eigenvalue weighted by Crippen LogP contribution is 2.28. The van der Waals surface area contributed by atoms with E-state index in [-0.39, 0.29) is 0 Å². The minimum Gasteiger partial charge on any atom is -0.0922 e. The Morgan fingerprint density at radius 2 is 1.86 bits per heavy atom. The molecule has 0 nitrogen and oxygen atoms in total. The van der Waals surface area contributed by atoms with Crippen LogP contribution < -0.4 is 0 Å². The summed E-state index contributed by atoms with van der Waals surface area (Å²) in [7, 11) is 0. The maximum atomic E-state index is 3.60. The van der Waals surface area contributed by atoms with Crippen LogP contribution in [0.25, 0.3) is 0 Å². The van der Waals surface area contributed by atoms with Crippen molar-refractivity contribution in [3.05, 3.63) is 33.4 Å². The van der Waals surface area contributed by atoms with E-state index in [9.17, 15) is 0 Å². The number of alkyl halides is 1. The predicted octanol–water partition coefficient (Wildman–Crippen LogP) is 4.64. The second-order valence-electron chi connectivity index (χ2n) is 4.10. The molecule has 0 saturated heterocycles. The van der Waals surface area contributed by atoms with Gasteiger partial charge in [0.25, 0.3) is 0 Å². The molecular formula is C12H16BrI. The normalized spacial score (nSPS) is 15.1. The number of halogens is 2. The Bertz CT molecular complexity index is 275. The van der Waals surface area contributed by atoms with Gasteiger partial charge < -0.3 is 0 Å². The van der Waals surface area contributed by atoms with Crippen LogP contribution in [0.4, 0.5) is 0 Å². The van der Waals surface area contributed by atoms with Gasteiger partial charge in [0.1, 0.15) is 0 Å². The predicted molar refractivity (Wildman–Crippen MR) is 75.1 cm³/mol. The first-order valence-corrected chi connectivity index (χ1v) is 7.10. The van der Waals surface area contributed by atoms with Gasteiger partial charge in [-0.25, -0.2) is 0 Å². The largest absolute Gasteiger partial charge is 0.0922 e. The van der Waals surface area contributed by atoms with E-state index in [1.165, 1.54) is 15.6 Å². The van der Waals surface area contributed by atoms with E-state index in [1.54, 1.807) is 0 Å². The lowest BCUT2D eigenvalue weighted by Crippen LogP contribution is -2.20. The highest BCUT2D eigenvalue weighted by molar-refractivity contribution is 14.1. The number of hydrogen-bond donors (Lipinski definition) is 0. The molecule has 0 aromatic heterocycles. The van der Waals surface area contributed by atoms with E-state index < -0.39 is 0 Å². The molecule has 0 aliphatic rings. The maximum Gasteiger partial charge on any atom is 0.0130 e. The molecule has 0 N–H and O–H groups in total.